The Balaban J connectivity index is 4.18. The molecule has 0 aromatic heterocycles. The third-order valence-corrected chi connectivity index (χ3v) is 2.68. The van der Waals surface area contributed by atoms with Crippen molar-refractivity contribution < 1.29 is 18.4 Å². The van der Waals surface area contributed by atoms with Gasteiger partial charge < -0.3 is 0 Å². The van der Waals surface area contributed by atoms with E-state index in [0.717, 1.165) is 0 Å². The number of hydrogen-bond donors (Lipinski definition) is 1. The first-order chi connectivity index (χ1) is 5.54. The van der Waals surface area contributed by atoms with Crippen LogP contribution in [0.4, 0.5) is 0 Å². The number of rotatable bonds is 5. The molecule has 0 bridgehead atoms. The molecule has 0 spiro atoms. The van der Waals surface area contributed by atoms with Crippen LogP contribution in [0.15, 0.2) is 0 Å². The molecular weight excluding hydrogens is 181 g/mol. The van der Waals surface area contributed by atoms with Crippen molar-refractivity contribution in [1.29, 1.82) is 0 Å². The summed E-state index contributed by atoms with van der Waals surface area (Å²) >= 11 is 0. The summed E-state index contributed by atoms with van der Waals surface area (Å²) in [5.41, 5.74) is 0. The molecule has 0 aliphatic carbocycles. The third kappa shape index (κ3) is 4.49. The number of amides is 1. The van der Waals surface area contributed by atoms with E-state index in [4.69, 9.17) is 9.05 Å². The van der Waals surface area contributed by atoms with E-state index in [9.17, 15) is 9.36 Å². The molecule has 0 aliphatic rings. The van der Waals surface area contributed by atoms with Crippen molar-refractivity contribution in [3.05, 3.63) is 0 Å². The molecular formula is C6H14NO4P. The lowest BCUT2D eigenvalue weighted by Crippen LogP contribution is -2.19. The molecule has 0 atom stereocenters. The van der Waals surface area contributed by atoms with Crippen molar-refractivity contribution in [3.63, 3.8) is 0 Å². The van der Waals surface area contributed by atoms with Crippen LogP contribution in [-0.4, -0.2) is 19.1 Å². The maximum Gasteiger partial charge on any atom is 0.434 e. The standard InChI is InChI=1S/C6H14NO4P/c1-4-10-12(9,11-5-2)7-6(3)8/h4-5H2,1-3H3,(H,7,8,9). The van der Waals surface area contributed by atoms with Gasteiger partial charge in [-0.15, -0.1) is 0 Å². The summed E-state index contributed by atoms with van der Waals surface area (Å²) in [5, 5.41) is 2.13. The Morgan fingerprint density at radius 2 is 1.75 bits per heavy atom. The monoisotopic (exact) mass is 195 g/mol. The van der Waals surface area contributed by atoms with Crippen LogP contribution in [0.5, 0.6) is 0 Å². The zero-order chi connectivity index (χ0) is 9.61. The van der Waals surface area contributed by atoms with Crippen molar-refractivity contribution in [2.75, 3.05) is 13.2 Å². The van der Waals surface area contributed by atoms with Gasteiger partial charge in [-0.2, -0.15) is 0 Å². The number of hydrogen-bond acceptors (Lipinski definition) is 4. The molecule has 0 unspecified atom stereocenters. The lowest BCUT2D eigenvalue weighted by Gasteiger charge is -2.15. The largest absolute Gasteiger partial charge is 0.434 e. The highest BCUT2D eigenvalue weighted by Gasteiger charge is 2.24. The topological polar surface area (TPSA) is 64.6 Å². The van der Waals surface area contributed by atoms with E-state index in [-0.39, 0.29) is 13.2 Å². The highest BCUT2D eigenvalue weighted by atomic mass is 31.2. The molecule has 0 aromatic rings. The average Bonchev–Trinajstić information content (AvgIpc) is 1.85. The van der Waals surface area contributed by atoms with E-state index >= 15 is 0 Å². The van der Waals surface area contributed by atoms with Gasteiger partial charge in [-0.25, -0.2) is 4.57 Å². The Bertz CT molecular complexity index is 184. The minimum Gasteiger partial charge on any atom is -0.293 e. The molecule has 0 fully saturated rings. The van der Waals surface area contributed by atoms with Crippen molar-refractivity contribution in [2.24, 2.45) is 0 Å². The molecule has 0 rings (SSSR count). The van der Waals surface area contributed by atoms with Crippen molar-refractivity contribution in [1.82, 2.24) is 5.09 Å². The van der Waals surface area contributed by atoms with Gasteiger partial charge >= 0.3 is 7.75 Å². The Morgan fingerprint density at radius 3 is 2.00 bits per heavy atom. The van der Waals surface area contributed by atoms with Crippen molar-refractivity contribution >= 4 is 13.7 Å². The minimum atomic E-state index is -3.38. The fourth-order valence-corrected chi connectivity index (χ4v) is 1.90. The lowest BCUT2D eigenvalue weighted by atomic mass is 10.8. The fourth-order valence-electron chi connectivity index (χ4n) is 0.635. The van der Waals surface area contributed by atoms with Gasteiger partial charge in [-0.1, -0.05) is 0 Å². The number of carbonyl (C=O) groups excluding carboxylic acids is 1. The Hall–Kier alpha value is -0.380. The van der Waals surface area contributed by atoms with E-state index < -0.39 is 13.7 Å². The first-order valence-corrected chi connectivity index (χ1v) is 5.26. The molecule has 72 valence electrons. The van der Waals surface area contributed by atoms with E-state index in [1.807, 2.05) is 0 Å². The first-order valence-electron chi connectivity index (χ1n) is 3.72. The molecule has 1 amide bonds. The van der Waals surface area contributed by atoms with Gasteiger partial charge in [-0.3, -0.25) is 18.9 Å². The van der Waals surface area contributed by atoms with Crippen molar-refractivity contribution in [3.8, 4) is 0 Å². The van der Waals surface area contributed by atoms with E-state index in [0.29, 0.717) is 0 Å². The fraction of sp³-hybridized carbons (Fsp3) is 0.833. The maximum atomic E-state index is 11.4. The summed E-state index contributed by atoms with van der Waals surface area (Å²) in [6.45, 7) is 5.07. The van der Waals surface area contributed by atoms with Gasteiger partial charge in [0.25, 0.3) is 0 Å². The molecule has 0 saturated heterocycles. The molecule has 0 aromatic carbocycles. The summed E-state index contributed by atoms with van der Waals surface area (Å²) in [6.07, 6.45) is 0. The smallest absolute Gasteiger partial charge is 0.293 e. The van der Waals surface area contributed by atoms with E-state index in [1.165, 1.54) is 6.92 Å². The van der Waals surface area contributed by atoms with Crippen LogP contribution in [0.2, 0.25) is 0 Å². The van der Waals surface area contributed by atoms with Gasteiger partial charge in [0.05, 0.1) is 13.2 Å². The van der Waals surface area contributed by atoms with Gasteiger partial charge in [0.1, 0.15) is 0 Å². The molecule has 0 heterocycles. The van der Waals surface area contributed by atoms with Crippen LogP contribution in [0, 0.1) is 0 Å². The quantitative estimate of drug-likeness (QED) is 0.671. The molecule has 0 radical (unpaired) electrons. The zero-order valence-electron chi connectivity index (χ0n) is 7.49. The van der Waals surface area contributed by atoms with Gasteiger partial charge in [0.15, 0.2) is 0 Å². The number of nitrogens with one attached hydrogen (secondary N) is 1. The highest BCUT2D eigenvalue weighted by molar-refractivity contribution is 7.52. The predicted molar refractivity (Wildman–Crippen MR) is 44.7 cm³/mol. The summed E-state index contributed by atoms with van der Waals surface area (Å²) < 4.78 is 21.0. The first kappa shape index (κ1) is 11.6. The Kier molecular flexibility index (Phi) is 5.13. The SMILES string of the molecule is CCOP(=O)(NC(C)=O)OCC. The second kappa shape index (κ2) is 5.30. The van der Waals surface area contributed by atoms with Crippen LogP contribution in [0.1, 0.15) is 20.8 Å². The summed E-state index contributed by atoms with van der Waals surface area (Å²) in [5.74, 6) is -0.430. The molecule has 1 N–H and O–H groups in total. The number of carbonyl (C=O) groups is 1. The van der Waals surface area contributed by atoms with E-state index in [1.54, 1.807) is 13.8 Å². The Labute approximate surface area is 72.0 Å². The average molecular weight is 195 g/mol. The molecule has 6 heteroatoms. The van der Waals surface area contributed by atoms with Gasteiger partial charge in [0.2, 0.25) is 5.91 Å². The minimum absolute atomic E-state index is 0.234. The van der Waals surface area contributed by atoms with Gasteiger partial charge in [-0.05, 0) is 13.8 Å². The third-order valence-electron chi connectivity index (χ3n) is 0.892. The second-order valence-corrected chi connectivity index (χ2v) is 3.74. The normalized spacial score (nSPS) is 11.2. The Morgan fingerprint density at radius 1 is 1.33 bits per heavy atom. The summed E-state index contributed by atoms with van der Waals surface area (Å²) in [7, 11) is -3.38. The molecule has 5 nitrogen and oxygen atoms in total. The molecule has 12 heavy (non-hydrogen) atoms. The second-order valence-electron chi connectivity index (χ2n) is 2.00. The van der Waals surface area contributed by atoms with Crippen LogP contribution >= 0.6 is 7.75 Å². The molecule has 0 saturated carbocycles. The van der Waals surface area contributed by atoms with Gasteiger partial charge in [0, 0.05) is 6.92 Å². The summed E-state index contributed by atoms with van der Waals surface area (Å²) in [4.78, 5) is 10.6. The highest BCUT2D eigenvalue weighted by Crippen LogP contribution is 2.42. The lowest BCUT2D eigenvalue weighted by molar-refractivity contribution is -0.117. The zero-order valence-corrected chi connectivity index (χ0v) is 8.39. The van der Waals surface area contributed by atoms with Crippen LogP contribution in [-0.2, 0) is 18.4 Å². The molecule has 0 aliphatic heterocycles. The van der Waals surface area contributed by atoms with Crippen molar-refractivity contribution in [2.45, 2.75) is 20.8 Å². The van der Waals surface area contributed by atoms with Crippen LogP contribution in [0.25, 0.3) is 0 Å². The van der Waals surface area contributed by atoms with E-state index in [2.05, 4.69) is 5.09 Å². The van der Waals surface area contributed by atoms with Crippen LogP contribution < -0.4 is 5.09 Å². The van der Waals surface area contributed by atoms with Crippen LogP contribution in [0.3, 0.4) is 0 Å². The summed E-state index contributed by atoms with van der Waals surface area (Å²) in [6, 6.07) is 0. The maximum absolute atomic E-state index is 11.4. The predicted octanol–water partition coefficient (Wildman–Crippen LogP) is 1.30.